The third kappa shape index (κ3) is 5.07. The summed E-state index contributed by atoms with van der Waals surface area (Å²) in [6.45, 7) is 6.12. The van der Waals surface area contributed by atoms with Crippen LogP contribution in [0.3, 0.4) is 0 Å². The van der Waals surface area contributed by atoms with Gasteiger partial charge in [-0.1, -0.05) is 30.3 Å². The molecule has 3 aromatic rings. The molecule has 3 heterocycles. The normalized spacial score (nSPS) is 17.1. The zero-order chi connectivity index (χ0) is 20.1. The first-order valence-corrected chi connectivity index (χ1v) is 11.9. The van der Waals surface area contributed by atoms with Gasteiger partial charge in [0.2, 0.25) is 5.91 Å². The smallest absolute Gasteiger partial charge is 0.225 e. The molecule has 29 heavy (non-hydrogen) atoms. The van der Waals surface area contributed by atoms with Gasteiger partial charge in [0.25, 0.3) is 0 Å². The Morgan fingerprint density at radius 1 is 0.966 bits per heavy atom. The van der Waals surface area contributed by atoms with Gasteiger partial charge in [-0.05, 0) is 41.9 Å². The van der Waals surface area contributed by atoms with E-state index in [1.807, 2.05) is 17.5 Å². The molecular formula is C23H27N3OS2. The van der Waals surface area contributed by atoms with E-state index in [4.69, 9.17) is 0 Å². The molecule has 1 aliphatic heterocycles. The number of thiophene rings is 2. The number of amides is 1. The van der Waals surface area contributed by atoms with Gasteiger partial charge < -0.3 is 10.2 Å². The largest absolute Gasteiger partial charge is 0.369 e. The molecule has 0 spiro atoms. The van der Waals surface area contributed by atoms with Crippen LogP contribution in [0.1, 0.15) is 22.7 Å². The summed E-state index contributed by atoms with van der Waals surface area (Å²) in [6.07, 6.45) is 0.459. The highest BCUT2D eigenvalue weighted by Crippen LogP contribution is 2.30. The number of piperazine rings is 1. The number of rotatable bonds is 7. The van der Waals surface area contributed by atoms with Crippen molar-refractivity contribution in [1.82, 2.24) is 10.2 Å². The lowest BCUT2D eigenvalue weighted by atomic mass is 10.0. The topological polar surface area (TPSA) is 35.6 Å². The molecule has 0 saturated carbocycles. The van der Waals surface area contributed by atoms with E-state index in [0.717, 1.165) is 31.1 Å². The van der Waals surface area contributed by atoms with Crippen molar-refractivity contribution in [2.45, 2.75) is 25.4 Å². The van der Waals surface area contributed by atoms with Gasteiger partial charge in [-0.3, -0.25) is 9.69 Å². The fourth-order valence-electron chi connectivity index (χ4n) is 4.05. The Bertz CT molecular complexity index is 872. The van der Waals surface area contributed by atoms with Gasteiger partial charge in [-0.25, -0.2) is 0 Å². The number of hydrogen-bond acceptors (Lipinski definition) is 5. The van der Waals surface area contributed by atoms with E-state index in [0.29, 0.717) is 6.42 Å². The SMILES string of the molecule is C[C@@H](NC(=O)Cc1cccs1)[C@@H](c1cccs1)N1CCN(c2ccccc2)CC1. The number of benzene rings is 1. The van der Waals surface area contributed by atoms with Gasteiger partial charge in [-0.2, -0.15) is 0 Å². The van der Waals surface area contributed by atoms with Crippen LogP contribution in [0.5, 0.6) is 0 Å². The molecule has 0 aliphatic carbocycles. The average molecular weight is 426 g/mol. The Kier molecular flexibility index (Phi) is 6.64. The number of para-hydroxylation sites is 1. The summed E-state index contributed by atoms with van der Waals surface area (Å²) in [4.78, 5) is 20.0. The second-order valence-corrected chi connectivity index (χ2v) is 9.44. The minimum atomic E-state index is 0.0596. The first kappa shape index (κ1) is 20.1. The minimum Gasteiger partial charge on any atom is -0.369 e. The predicted molar refractivity (Wildman–Crippen MR) is 123 cm³/mol. The number of hydrogen-bond donors (Lipinski definition) is 1. The van der Waals surface area contributed by atoms with Crippen LogP contribution in [0, 0.1) is 0 Å². The maximum Gasteiger partial charge on any atom is 0.225 e. The first-order chi connectivity index (χ1) is 14.2. The van der Waals surface area contributed by atoms with Crippen LogP contribution < -0.4 is 10.2 Å². The third-order valence-corrected chi connectivity index (χ3v) is 7.26. The standard InChI is InChI=1S/C23H27N3OS2/c1-18(24-22(27)17-20-9-5-15-28-20)23(21-10-6-16-29-21)26-13-11-25(12-14-26)19-7-3-2-4-8-19/h2-10,15-16,18,23H,11-14,17H2,1H3,(H,24,27)/t18-,23+/m1/s1. The lowest BCUT2D eigenvalue weighted by Crippen LogP contribution is -2.52. The number of anilines is 1. The Morgan fingerprint density at radius 3 is 2.34 bits per heavy atom. The summed E-state index contributed by atoms with van der Waals surface area (Å²) in [5.74, 6) is 0.101. The Morgan fingerprint density at radius 2 is 1.69 bits per heavy atom. The fourth-order valence-corrected chi connectivity index (χ4v) is 5.72. The zero-order valence-electron chi connectivity index (χ0n) is 16.7. The molecule has 4 rings (SSSR count). The lowest BCUT2D eigenvalue weighted by Gasteiger charge is -2.42. The van der Waals surface area contributed by atoms with Crippen molar-refractivity contribution >= 4 is 34.3 Å². The van der Waals surface area contributed by atoms with Crippen LogP contribution in [-0.2, 0) is 11.2 Å². The third-order valence-electron chi connectivity index (χ3n) is 5.44. The molecule has 2 aromatic heterocycles. The Balaban J connectivity index is 1.42. The molecule has 1 saturated heterocycles. The minimum absolute atomic E-state index is 0.0596. The van der Waals surface area contributed by atoms with Crippen LogP contribution in [0.2, 0.25) is 0 Å². The molecule has 1 aromatic carbocycles. The fraction of sp³-hybridized carbons (Fsp3) is 0.348. The maximum absolute atomic E-state index is 12.6. The molecule has 6 heteroatoms. The van der Waals surface area contributed by atoms with E-state index in [-0.39, 0.29) is 18.0 Å². The first-order valence-electron chi connectivity index (χ1n) is 10.1. The van der Waals surface area contributed by atoms with E-state index in [1.165, 1.54) is 10.6 Å². The number of nitrogens with zero attached hydrogens (tertiary/aromatic N) is 2. The molecule has 2 atom stereocenters. The highest BCUT2D eigenvalue weighted by Gasteiger charge is 2.30. The van der Waals surface area contributed by atoms with E-state index >= 15 is 0 Å². The summed E-state index contributed by atoms with van der Waals surface area (Å²) in [5.41, 5.74) is 1.29. The van der Waals surface area contributed by atoms with Gasteiger partial charge in [-0.15, -0.1) is 22.7 Å². The van der Waals surface area contributed by atoms with Crippen LogP contribution in [0.4, 0.5) is 5.69 Å². The van der Waals surface area contributed by atoms with Gasteiger partial charge in [0, 0.05) is 47.7 Å². The summed E-state index contributed by atoms with van der Waals surface area (Å²) < 4.78 is 0. The second-order valence-electron chi connectivity index (χ2n) is 7.43. The van der Waals surface area contributed by atoms with Crippen molar-refractivity contribution < 1.29 is 4.79 Å². The molecule has 0 radical (unpaired) electrons. The number of nitrogens with one attached hydrogen (secondary N) is 1. The van der Waals surface area contributed by atoms with Gasteiger partial charge >= 0.3 is 0 Å². The molecule has 4 nitrogen and oxygen atoms in total. The number of carbonyl (C=O) groups excluding carboxylic acids is 1. The van der Waals surface area contributed by atoms with Gasteiger partial charge in [0.05, 0.1) is 12.5 Å². The molecule has 0 unspecified atom stereocenters. The molecular weight excluding hydrogens is 398 g/mol. The second kappa shape index (κ2) is 9.57. The monoisotopic (exact) mass is 425 g/mol. The molecule has 1 aliphatic rings. The van der Waals surface area contributed by atoms with E-state index in [9.17, 15) is 4.79 Å². The Hall–Kier alpha value is -2.15. The van der Waals surface area contributed by atoms with Crippen LogP contribution >= 0.6 is 22.7 Å². The van der Waals surface area contributed by atoms with Crippen molar-refractivity contribution in [2.24, 2.45) is 0 Å². The van der Waals surface area contributed by atoms with Crippen LogP contribution in [0.25, 0.3) is 0 Å². The molecule has 152 valence electrons. The maximum atomic E-state index is 12.6. The highest BCUT2D eigenvalue weighted by molar-refractivity contribution is 7.10. The quantitative estimate of drug-likeness (QED) is 0.609. The van der Waals surface area contributed by atoms with Gasteiger partial charge in [0.1, 0.15) is 0 Å². The molecule has 1 N–H and O–H groups in total. The van der Waals surface area contributed by atoms with Crippen molar-refractivity contribution in [2.75, 3.05) is 31.1 Å². The van der Waals surface area contributed by atoms with E-state index < -0.39 is 0 Å². The number of carbonyl (C=O) groups is 1. The molecule has 0 bridgehead atoms. The van der Waals surface area contributed by atoms with Crippen LogP contribution in [-0.4, -0.2) is 43.0 Å². The zero-order valence-corrected chi connectivity index (χ0v) is 18.3. The van der Waals surface area contributed by atoms with Gasteiger partial charge in [0.15, 0.2) is 0 Å². The van der Waals surface area contributed by atoms with E-state index in [1.54, 1.807) is 22.7 Å². The molecule has 1 amide bonds. The predicted octanol–water partition coefficient (Wildman–Crippen LogP) is 4.42. The average Bonchev–Trinajstić information content (AvgIpc) is 3.44. The van der Waals surface area contributed by atoms with Crippen molar-refractivity contribution in [3.63, 3.8) is 0 Å². The van der Waals surface area contributed by atoms with Crippen molar-refractivity contribution in [3.05, 3.63) is 75.1 Å². The summed E-state index contributed by atoms with van der Waals surface area (Å²) in [6, 6.07) is 19.2. The van der Waals surface area contributed by atoms with Crippen LogP contribution in [0.15, 0.2) is 65.4 Å². The summed E-state index contributed by atoms with van der Waals surface area (Å²) in [5, 5.41) is 7.41. The van der Waals surface area contributed by atoms with E-state index in [2.05, 4.69) is 69.9 Å². The highest BCUT2D eigenvalue weighted by atomic mass is 32.1. The van der Waals surface area contributed by atoms with Crippen molar-refractivity contribution in [1.29, 1.82) is 0 Å². The lowest BCUT2D eigenvalue weighted by molar-refractivity contribution is -0.121. The summed E-state index contributed by atoms with van der Waals surface area (Å²) >= 11 is 3.41. The van der Waals surface area contributed by atoms with Crippen molar-refractivity contribution in [3.8, 4) is 0 Å². The summed E-state index contributed by atoms with van der Waals surface area (Å²) in [7, 11) is 0. The molecule has 1 fully saturated rings. The Labute approximate surface area is 180 Å².